The van der Waals surface area contributed by atoms with Crippen molar-refractivity contribution in [3.05, 3.63) is 30.1 Å². The second-order valence-electron chi connectivity index (χ2n) is 3.29. The average molecular weight is 194 g/mol. The fraction of sp³-hybridized carbons (Fsp3) is 0.455. The third-order valence-corrected chi connectivity index (χ3v) is 1.89. The first kappa shape index (κ1) is 10.8. The SMILES string of the molecule is CC(F)CCCC=Cc1ccnnc1. The summed E-state index contributed by atoms with van der Waals surface area (Å²) in [6.45, 7) is 1.59. The molecule has 0 fully saturated rings. The molecular formula is C11H15FN2. The Morgan fingerprint density at radius 1 is 1.50 bits per heavy atom. The number of unbranched alkanes of at least 4 members (excludes halogenated alkanes) is 1. The number of hydrogen-bond donors (Lipinski definition) is 0. The van der Waals surface area contributed by atoms with E-state index in [0.717, 1.165) is 18.4 Å². The topological polar surface area (TPSA) is 25.8 Å². The largest absolute Gasteiger partial charge is 0.248 e. The summed E-state index contributed by atoms with van der Waals surface area (Å²) in [5, 5.41) is 7.43. The number of rotatable bonds is 5. The molecule has 1 atom stereocenters. The van der Waals surface area contributed by atoms with E-state index in [9.17, 15) is 4.39 Å². The molecule has 0 aliphatic carbocycles. The molecule has 1 aromatic heterocycles. The molecule has 76 valence electrons. The Kier molecular flexibility index (Phi) is 4.83. The second kappa shape index (κ2) is 6.24. The zero-order valence-electron chi connectivity index (χ0n) is 8.36. The van der Waals surface area contributed by atoms with Crippen LogP contribution >= 0.6 is 0 Å². The van der Waals surface area contributed by atoms with Crippen LogP contribution in [0.4, 0.5) is 4.39 Å². The molecule has 0 radical (unpaired) electrons. The van der Waals surface area contributed by atoms with Crippen molar-refractivity contribution >= 4 is 6.08 Å². The summed E-state index contributed by atoms with van der Waals surface area (Å²) in [6, 6.07) is 1.89. The van der Waals surface area contributed by atoms with Gasteiger partial charge in [0.15, 0.2) is 0 Å². The molecule has 1 aromatic rings. The van der Waals surface area contributed by atoms with Gasteiger partial charge >= 0.3 is 0 Å². The molecule has 0 amide bonds. The van der Waals surface area contributed by atoms with E-state index in [0.29, 0.717) is 6.42 Å². The zero-order chi connectivity index (χ0) is 10.2. The van der Waals surface area contributed by atoms with Crippen LogP contribution in [0.15, 0.2) is 24.5 Å². The highest BCUT2D eigenvalue weighted by molar-refractivity contribution is 5.46. The van der Waals surface area contributed by atoms with Gasteiger partial charge in [-0.25, -0.2) is 4.39 Å². The number of nitrogens with zero attached hydrogens (tertiary/aromatic N) is 2. The predicted octanol–water partition coefficient (Wildman–Crippen LogP) is 3.02. The lowest BCUT2D eigenvalue weighted by molar-refractivity contribution is 0.335. The number of alkyl halides is 1. The summed E-state index contributed by atoms with van der Waals surface area (Å²) in [5.74, 6) is 0. The zero-order valence-corrected chi connectivity index (χ0v) is 8.36. The monoisotopic (exact) mass is 194 g/mol. The Bertz CT molecular complexity index is 270. The Morgan fingerprint density at radius 2 is 2.36 bits per heavy atom. The van der Waals surface area contributed by atoms with E-state index in [1.165, 1.54) is 0 Å². The quantitative estimate of drug-likeness (QED) is 0.673. The summed E-state index contributed by atoms with van der Waals surface area (Å²) in [4.78, 5) is 0. The van der Waals surface area contributed by atoms with Crippen LogP contribution in [0.1, 0.15) is 31.7 Å². The van der Waals surface area contributed by atoms with Crippen molar-refractivity contribution in [1.82, 2.24) is 10.2 Å². The van der Waals surface area contributed by atoms with E-state index < -0.39 is 6.17 Å². The fourth-order valence-electron chi connectivity index (χ4n) is 1.14. The maximum Gasteiger partial charge on any atom is 0.0973 e. The van der Waals surface area contributed by atoms with Gasteiger partial charge in [0.1, 0.15) is 0 Å². The van der Waals surface area contributed by atoms with E-state index >= 15 is 0 Å². The molecule has 3 heteroatoms. The van der Waals surface area contributed by atoms with E-state index in [2.05, 4.69) is 10.2 Å². The van der Waals surface area contributed by atoms with Gasteiger partial charge in [0.2, 0.25) is 0 Å². The maximum absolute atomic E-state index is 12.4. The van der Waals surface area contributed by atoms with Crippen molar-refractivity contribution in [2.45, 2.75) is 32.4 Å². The predicted molar refractivity (Wildman–Crippen MR) is 55.5 cm³/mol. The summed E-state index contributed by atoms with van der Waals surface area (Å²) < 4.78 is 12.4. The smallest absolute Gasteiger partial charge is 0.0973 e. The van der Waals surface area contributed by atoms with Crippen LogP contribution in [-0.2, 0) is 0 Å². The number of aromatic nitrogens is 2. The van der Waals surface area contributed by atoms with E-state index in [1.807, 2.05) is 18.2 Å². The molecule has 0 bridgehead atoms. The molecule has 1 unspecified atom stereocenters. The Hall–Kier alpha value is -1.25. The molecule has 0 N–H and O–H groups in total. The maximum atomic E-state index is 12.4. The van der Waals surface area contributed by atoms with Gasteiger partial charge in [-0.3, -0.25) is 0 Å². The van der Waals surface area contributed by atoms with Gasteiger partial charge in [0.05, 0.1) is 18.6 Å². The van der Waals surface area contributed by atoms with Gasteiger partial charge in [-0.15, -0.1) is 0 Å². The molecule has 0 saturated carbocycles. The normalized spacial score (nSPS) is 13.3. The van der Waals surface area contributed by atoms with E-state index in [1.54, 1.807) is 19.3 Å². The summed E-state index contributed by atoms with van der Waals surface area (Å²) in [5.41, 5.74) is 1.04. The third kappa shape index (κ3) is 4.70. The molecule has 2 nitrogen and oxygen atoms in total. The molecule has 0 saturated heterocycles. The lowest BCUT2D eigenvalue weighted by atomic mass is 10.1. The van der Waals surface area contributed by atoms with Gasteiger partial charge < -0.3 is 0 Å². The summed E-state index contributed by atoms with van der Waals surface area (Å²) in [7, 11) is 0. The average Bonchev–Trinajstić information content (AvgIpc) is 2.18. The van der Waals surface area contributed by atoms with Crippen molar-refractivity contribution < 1.29 is 4.39 Å². The van der Waals surface area contributed by atoms with Crippen LogP contribution in [0.5, 0.6) is 0 Å². The minimum absolute atomic E-state index is 0.638. The summed E-state index contributed by atoms with van der Waals surface area (Å²) >= 11 is 0. The molecule has 0 aromatic carbocycles. The van der Waals surface area contributed by atoms with Crippen molar-refractivity contribution in [2.24, 2.45) is 0 Å². The number of allylic oxidation sites excluding steroid dienone is 1. The van der Waals surface area contributed by atoms with Crippen molar-refractivity contribution in [3.8, 4) is 0 Å². The molecular weight excluding hydrogens is 179 g/mol. The number of hydrogen-bond acceptors (Lipinski definition) is 2. The van der Waals surface area contributed by atoms with E-state index in [4.69, 9.17) is 0 Å². The Morgan fingerprint density at radius 3 is 3.00 bits per heavy atom. The van der Waals surface area contributed by atoms with Crippen molar-refractivity contribution in [3.63, 3.8) is 0 Å². The molecule has 0 aliphatic rings. The molecule has 0 aliphatic heterocycles. The van der Waals surface area contributed by atoms with Gasteiger partial charge in [0.25, 0.3) is 0 Å². The van der Waals surface area contributed by atoms with Crippen LogP contribution in [0.25, 0.3) is 6.08 Å². The molecule has 0 spiro atoms. The lowest BCUT2D eigenvalue weighted by Crippen LogP contribution is -1.90. The van der Waals surface area contributed by atoms with Crippen LogP contribution in [-0.4, -0.2) is 16.4 Å². The van der Waals surface area contributed by atoms with Crippen molar-refractivity contribution in [2.75, 3.05) is 0 Å². The highest BCUT2D eigenvalue weighted by Crippen LogP contribution is 2.06. The van der Waals surface area contributed by atoms with E-state index in [-0.39, 0.29) is 0 Å². The first-order valence-corrected chi connectivity index (χ1v) is 4.86. The van der Waals surface area contributed by atoms with Crippen LogP contribution in [0.3, 0.4) is 0 Å². The first-order chi connectivity index (χ1) is 6.79. The van der Waals surface area contributed by atoms with Crippen LogP contribution < -0.4 is 0 Å². The minimum Gasteiger partial charge on any atom is -0.248 e. The lowest BCUT2D eigenvalue weighted by Gasteiger charge is -1.97. The van der Waals surface area contributed by atoms with Gasteiger partial charge in [-0.05, 0) is 37.8 Å². The molecule has 1 rings (SSSR count). The standard InChI is InChI=1S/C11H15FN2/c1-10(12)5-3-2-4-6-11-7-8-13-14-9-11/h4,6-10H,2-3,5H2,1H3. The van der Waals surface area contributed by atoms with Crippen LogP contribution in [0.2, 0.25) is 0 Å². The summed E-state index contributed by atoms with van der Waals surface area (Å²) in [6.07, 6.45) is 9.14. The molecule has 1 heterocycles. The first-order valence-electron chi connectivity index (χ1n) is 4.86. The fourth-order valence-corrected chi connectivity index (χ4v) is 1.14. The highest BCUT2D eigenvalue weighted by atomic mass is 19.1. The van der Waals surface area contributed by atoms with Gasteiger partial charge in [-0.1, -0.05) is 12.2 Å². The third-order valence-electron chi connectivity index (χ3n) is 1.89. The Balaban J connectivity index is 2.21. The van der Waals surface area contributed by atoms with Crippen LogP contribution in [0, 0.1) is 0 Å². The second-order valence-corrected chi connectivity index (χ2v) is 3.29. The Labute approximate surface area is 83.9 Å². The van der Waals surface area contributed by atoms with Crippen molar-refractivity contribution in [1.29, 1.82) is 0 Å². The molecule has 14 heavy (non-hydrogen) atoms. The number of halogens is 1. The minimum atomic E-state index is -0.689. The van der Waals surface area contributed by atoms with Gasteiger partial charge in [-0.2, -0.15) is 10.2 Å². The van der Waals surface area contributed by atoms with Gasteiger partial charge in [0, 0.05) is 0 Å². The highest BCUT2D eigenvalue weighted by Gasteiger charge is 1.94.